The summed E-state index contributed by atoms with van der Waals surface area (Å²) in [6, 6.07) is 10.1. The number of hydrogen-bond acceptors (Lipinski definition) is 4. The van der Waals surface area contributed by atoms with E-state index in [-0.39, 0.29) is 41.6 Å². The van der Waals surface area contributed by atoms with Gasteiger partial charge in [-0.2, -0.15) is 0 Å². The van der Waals surface area contributed by atoms with Crippen LogP contribution >= 0.6 is 0 Å². The number of benzene rings is 1. The van der Waals surface area contributed by atoms with Crippen LogP contribution in [0.1, 0.15) is 12.1 Å². The van der Waals surface area contributed by atoms with Crippen molar-refractivity contribution in [2.75, 3.05) is 13.6 Å². The number of pyridine rings is 1. The van der Waals surface area contributed by atoms with Crippen molar-refractivity contribution in [3.05, 3.63) is 72.3 Å². The van der Waals surface area contributed by atoms with E-state index < -0.39 is 0 Å². The van der Waals surface area contributed by atoms with E-state index >= 15 is 0 Å². The molecule has 0 radical (unpaired) electrons. The summed E-state index contributed by atoms with van der Waals surface area (Å²) in [5, 5.41) is 0. The first-order valence-corrected chi connectivity index (χ1v) is 10.2. The molecule has 3 aliphatic rings. The molecule has 0 bridgehead atoms. The summed E-state index contributed by atoms with van der Waals surface area (Å²) < 4.78 is 13.5. The lowest BCUT2D eigenvalue weighted by Gasteiger charge is -2.32. The second-order valence-electron chi connectivity index (χ2n) is 8.09. The van der Waals surface area contributed by atoms with Gasteiger partial charge in [0.15, 0.2) is 0 Å². The average molecular weight is 403 g/mol. The smallest absolute Gasteiger partial charge is 0.234 e. The lowest BCUT2D eigenvalue weighted by molar-refractivity contribution is -0.139. The number of halogens is 1. The van der Waals surface area contributed by atoms with Gasteiger partial charge < -0.3 is 0 Å². The molecule has 2 saturated heterocycles. The van der Waals surface area contributed by atoms with Crippen LogP contribution < -0.4 is 0 Å². The summed E-state index contributed by atoms with van der Waals surface area (Å²) in [5.74, 6) is -1.05. The highest BCUT2D eigenvalue weighted by molar-refractivity contribution is 6.06. The van der Waals surface area contributed by atoms with Gasteiger partial charge in [0.05, 0.1) is 17.5 Å². The number of rotatable bonds is 3. The number of carbonyl (C=O) groups is 2. The fourth-order valence-corrected chi connectivity index (χ4v) is 5.00. The summed E-state index contributed by atoms with van der Waals surface area (Å²) in [6.07, 6.45) is 10.6. The van der Waals surface area contributed by atoms with Crippen molar-refractivity contribution in [1.82, 2.24) is 14.8 Å². The monoisotopic (exact) mass is 403 g/mol. The molecule has 1 aromatic heterocycles. The van der Waals surface area contributed by atoms with Crippen LogP contribution in [0.15, 0.2) is 60.8 Å². The minimum Gasteiger partial charge on any atom is -0.288 e. The third-order valence-corrected chi connectivity index (χ3v) is 6.48. The van der Waals surface area contributed by atoms with Gasteiger partial charge in [-0.15, -0.1) is 0 Å². The third-order valence-electron chi connectivity index (χ3n) is 6.48. The van der Waals surface area contributed by atoms with Crippen LogP contribution in [0.5, 0.6) is 0 Å². The molecule has 0 spiro atoms. The van der Waals surface area contributed by atoms with Gasteiger partial charge in [0, 0.05) is 37.4 Å². The molecule has 4 heterocycles. The van der Waals surface area contributed by atoms with Gasteiger partial charge in [0.1, 0.15) is 5.82 Å². The summed E-state index contributed by atoms with van der Waals surface area (Å²) in [5.41, 5.74) is 2.37. The van der Waals surface area contributed by atoms with Crippen molar-refractivity contribution in [1.29, 1.82) is 0 Å². The fraction of sp³-hybridized carbons (Fsp3) is 0.292. The maximum atomic E-state index is 13.5. The zero-order valence-corrected chi connectivity index (χ0v) is 16.6. The maximum absolute atomic E-state index is 13.5. The van der Waals surface area contributed by atoms with Crippen LogP contribution in [0, 0.1) is 17.7 Å². The second kappa shape index (κ2) is 7.29. The number of amides is 2. The highest BCUT2D eigenvalue weighted by atomic mass is 19.1. The first-order valence-electron chi connectivity index (χ1n) is 10.2. The Morgan fingerprint density at radius 1 is 1.07 bits per heavy atom. The predicted molar refractivity (Wildman–Crippen MR) is 111 cm³/mol. The summed E-state index contributed by atoms with van der Waals surface area (Å²) in [4.78, 5) is 33.5. The lowest BCUT2D eigenvalue weighted by atomic mass is 9.88. The van der Waals surface area contributed by atoms with Crippen LogP contribution in [0.25, 0.3) is 17.2 Å². The van der Waals surface area contributed by atoms with Crippen LogP contribution in [-0.2, 0) is 9.59 Å². The summed E-state index contributed by atoms with van der Waals surface area (Å²) in [7, 11) is 1.58. The first kappa shape index (κ1) is 18.9. The van der Waals surface area contributed by atoms with E-state index in [0.717, 1.165) is 29.8 Å². The quantitative estimate of drug-likeness (QED) is 0.584. The minimum absolute atomic E-state index is 0.0660. The minimum atomic E-state index is -0.338. The van der Waals surface area contributed by atoms with E-state index in [0.29, 0.717) is 0 Å². The third kappa shape index (κ3) is 2.99. The largest absolute Gasteiger partial charge is 0.288 e. The van der Waals surface area contributed by atoms with Gasteiger partial charge in [-0.05, 0) is 36.3 Å². The van der Waals surface area contributed by atoms with Gasteiger partial charge in [-0.3, -0.25) is 24.4 Å². The fourth-order valence-electron chi connectivity index (χ4n) is 5.00. The first-order chi connectivity index (χ1) is 14.5. The maximum Gasteiger partial charge on any atom is 0.234 e. The molecular weight excluding hydrogens is 381 g/mol. The molecule has 0 saturated carbocycles. The van der Waals surface area contributed by atoms with E-state index in [4.69, 9.17) is 0 Å². The number of likely N-dealkylation sites (tertiary alicyclic amines) is 1. The number of hydrogen-bond donors (Lipinski definition) is 0. The highest BCUT2D eigenvalue weighted by Gasteiger charge is 2.60. The molecule has 1 aromatic carbocycles. The second-order valence-corrected chi connectivity index (χ2v) is 8.09. The van der Waals surface area contributed by atoms with Gasteiger partial charge in [0.25, 0.3) is 0 Å². The Morgan fingerprint density at radius 2 is 1.90 bits per heavy atom. The number of aromatic nitrogens is 1. The van der Waals surface area contributed by atoms with E-state index in [2.05, 4.69) is 22.0 Å². The molecule has 5 rings (SSSR count). The van der Waals surface area contributed by atoms with Crippen molar-refractivity contribution in [3.8, 4) is 11.1 Å². The molecule has 4 atom stereocenters. The highest BCUT2D eigenvalue weighted by Crippen LogP contribution is 2.45. The Hall–Kier alpha value is -3.12. The Kier molecular flexibility index (Phi) is 4.59. The summed E-state index contributed by atoms with van der Waals surface area (Å²) >= 11 is 0. The number of imide groups is 1. The average Bonchev–Trinajstić information content (AvgIpc) is 3.21. The molecule has 4 unspecified atom stereocenters. The van der Waals surface area contributed by atoms with Gasteiger partial charge in [0.2, 0.25) is 11.8 Å². The van der Waals surface area contributed by atoms with E-state index in [9.17, 15) is 14.0 Å². The molecule has 0 aliphatic carbocycles. The zero-order valence-electron chi connectivity index (χ0n) is 16.6. The standard InChI is InChI=1S/C24H22FN3O2/c1-27-23(29)21-19-7-2-3-12-28(19)20(22(21)24(27)30)11-10-18-9-8-16(14-26-18)15-5-4-6-17(25)13-15/h2-6,8-11,13-14,19-22H,7,12H2,1H3. The molecule has 30 heavy (non-hydrogen) atoms. The van der Waals surface area contributed by atoms with Gasteiger partial charge in [-0.25, -0.2) is 4.39 Å². The van der Waals surface area contributed by atoms with Crippen molar-refractivity contribution >= 4 is 17.9 Å². The number of nitrogens with zero attached hydrogens (tertiary/aromatic N) is 3. The Labute approximate surface area is 174 Å². The van der Waals surface area contributed by atoms with Gasteiger partial charge in [-0.1, -0.05) is 36.4 Å². The van der Waals surface area contributed by atoms with Crippen molar-refractivity contribution in [2.24, 2.45) is 11.8 Å². The Bertz CT molecular complexity index is 1060. The van der Waals surface area contributed by atoms with Crippen LogP contribution in [0.4, 0.5) is 4.39 Å². The molecule has 3 aliphatic heterocycles. The van der Waals surface area contributed by atoms with Crippen molar-refractivity contribution in [2.45, 2.75) is 18.5 Å². The van der Waals surface area contributed by atoms with Gasteiger partial charge >= 0.3 is 0 Å². The lowest BCUT2D eigenvalue weighted by Crippen LogP contribution is -2.44. The Balaban J connectivity index is 1.41. The molecular formula is C24H22FN3O2. The Morgan fingerprint density at radius 3 is 2.67 bits per heavy atom. The summed E-state index contributed by atoms with van der Waals surface area (Å²) in [6.45, 7) is 0.739. The predicted octanol–water partition coefficient (Wildman–Crippen LogP) is 3.14. The van der Waals surface area contributed by atoms with Crippen LogP contribution in [0.3, 0.4) is 0 Å². The zero-order chi connectivity index (χ0) is 20.8. The van der Waals surface area contributed by atoms with Crippen LogP contribution in [-0.4, -0.2) is 52.3 Å². The molecule has 2 amide bonds. The molecule has 6 heteroatoms. The molecule has 152 valence electrons. The molecule has 0 N–H and O–H groups in total. The topological polar surface area (TPSA) is 53.5 Å². The van der Waals surface area contributed by atoms with Crippen molar-refractivity contribution in [3.63, 3.8) is 0 Å². The molecule has 2 aromatic rings. The van der Waals surface area contributed by atoms with E-state index in [1.807, 2.05) is 30.4 Å². The van der Waals surface area contributed by atoms with E-state index in [1.165, 1.54) is 17.0 Å². The van der Waals surface area contributed by atoms with E-state index in [1.54, 1.807) is 19.3 Å². The number of carbonyl (C=O) groups excluding carboxylic acids is 2. The normalized spacial score (nSPS) is 28.4. The van der Waals surface area contributed by atoms with Crippen LogP contribution in [0.2, 0.25) is 0 Å². The molecule has 5 nitrogen and oxygen atoms in total. The number of fused-ring (bicyclic) bond motifs is 3. The SMILES string of the molecule is CN1C(=O)C2C(C1=O)C1CC=CCN1C2C=Cc1ccc(-c2cccc(F)c2)cn1. The molecule has 2 fully saturated rings. The van der Waals surface area contributed by atoms with Crippen molar-refractivity contribution < 1.29 is 14.0 Å².